The van der Waals surface area contributed by atoms with Crippen molar-refractivity contribution < 1.29 is 18.0 Å². The highest BCUT2D eigenvalue weighted by Gasteiger charge is 2.26. The number of rotatable bonds is 6. The first-order valence-electron chi connectivity index (χ1n) is 10.3. The molecule has 8 nitrogen and oxygen atoms in total. The summed E-state index contributed by atoms with van der Waals surface area (Å²) in [5, 5.41) is 3.24. The first-order valence-corrected chi connectivity index (χ1v) is 12.6. The van der Waals surface area contributed by atoms with E-state index in [2.05, 4.69) is 14.9 Å². The van der Waals surface area contributed by atoms with Gasteiger partial charge in [0.05, 0.1) is 10.5 Å². The fraction of sp³-hybridized carbons (Fsp3) is 0.217. The number of sulfonamides is 1. The number of thiophene rings is 1. The van der Waals surface area contributed by atoms with Gasteiger partial charge in [-0.25, -0.2) is 8.42 Å². The number of fused-ring (bicyclic) bond motifs is 1. The Kier molecular flexibility index (Phi) is 6.24. The summed E-state index contributed by atoms with van der Waals surface area (Å²) < 4.78 is 27.6. The van der Waals surface area contributed by atoms with Gasteiger partial charge in [-0.3, -0.25) is 14.3 Å². The molecule has 1 aliphatic rings. The van der Waals surface area contributed by atoms with Crippen LogP contribution in [0.5, 0.6) is 0 Å². The Morgan fingerprint density at radius 1 is 1.06 bits per heavy atom. The number of nitrogens with two attached hydrogens (primary N) is 1. The molecule has 2 heterocycles. The van der Waals surface area contributed by atoms with E-state index in [0.29, 0.717) is 34.8 Å². The van der Waals surface area contributed by atoms with E-state index < -0.39 is 21.8 Å². The van der Waals surface area contributed by atoms with Crippen molar-refractivity contribution in [1.29, 1.82) is 0 Å². The summed E-state index contributed by atoms with van der Waals surface area (Å²) in [6.07, 6.45) is 0.701. The summed E-state index contributed by atoms with van der Waals surface area (Å²) in [5.41, 5.74) is 8.50. The lowest BCUT2D eigenvalue weighted by molar-refractivity contribution is 0.1000. The summed E-state index contributed by atoms with van der Waals surface area (Å²) in [5.74, 6) is -0.967. The molecule has 0 saturated heterocycles. The van der Waals surface area contributed by atoms with E-state index >= 15 is 0 Å². The van der Waals surface area contributed by atoms with Crippen molar-refractivity contribution in [3.63, 3.8) is 0 Å². The van der Waals surface area contributed by atoms with E-state index in [1.807, 2.05) is 14.0 Å². The molecule has 0 unspecified atom stereocenters. The summed E-state index contributed by atoms with van der Waals surface area (Å²) in [6, 6.07) is 12.6. The van der Waals surface area contributed by atoms with Crippen molar-refractivity contribution in [3.05, 3.63) is 75.7 Å². The topological polar surface area (TPSA) is 122 Å². The minimum atomic E-state index is -3.74. The Bertz CT molecular complexity index is 1310. The molecule has 0 atom stereocenters. The van der Waals surface area contributed by atoms with Gasteiger partial charge in [0.15, 0.2) is 0 Å². The molecule has 4 rings (SSSR count). The van der Waals surface area contributed by atoms with Gasteiger partial charge in [-0.05, 0) is 62.4 Å². The fourth-order valence-corrected chi connectivity index (χ4v) is 6.06. The minimum absolute atomic E-state index is 0.154. The van der Waals surface area contributed by atoms with Crippen molar-refractivity contribution in [2.45, 2.75) is 24.8 Å². The van der Waals surface area contributed by atoms with E-state index in [1.165, 1.54) is 47.7 Å². The Labute approximate surface area is 196 Å². The maximum Gasteiger partial charge on any atom is 0.261 e. The second-order valence-corrected chi connectivity index (χ2v) is 10.8. The van der Waals surface area contributed by atoms with Crippen LogP contribution in [0, 0.1) is 6.92 Å². The largest absolute Gasteiger partial charge is 0.365 e. The van der Waals surface area contributed by atoms with Gasteiger partial charge in [-0.15, -0.1) is 11.3 Å². The first-order chi connectivity index (χ1) is 15.6. The molecule has 0 bridgehead atoms. The third kappa shape index (κ3) is 4.92. The van der Waals surface area contributed by atoms with E-state index in [0.717, 1.165) is 22.5 Å². The predicted molar refractivity (Wildman–Crippen MR) is 129 cm³/mol. The number of nitrogens with one attached hydrogen (secondary N) is 2. The SMILES string of the molecule is Cc1ccc(S(=O)(=O)Nc2ccc(C(=O)Nc3sc4c(c3C(N)=O)CCN(C)C4)cc2)cc1. The van der Waals surface area contributed by atoms with Crippen LogP contribution in [0.25, 0.3) is 0 Å². The molecule has 10 heteroatoms. The zero-order valence-corrected chi connectivity index (χ0v) is 19.8. The highest BCUT2D eigenvalue weighted by molar-refractivity contribution is 7.92. The first kappa shape index (κ1) is 23.0. The van der Waals surface area contributed by atoms with Crippen LogP contribution in [0.1, 0.15) is 36.7 Å². The van der Waals surface area contributed by atoms with Gasteiger partial charge in [-0.2, -0.15) is 0 Å². The molecule has 0 saturated carbocycles. The number of primary amides is 1. The lowest BCUT2D eigenvalue weighted by atomic mass is 10.0. The fourth-order valence-electron chi connectivity index (χ4n) is 3.68. The average molecular weight is 485 g/mol. The number of likely N-dealkylation sites (N-methyl/N-ethyl adjacent to an activating group) is 1. The monoisotopic (exact) mass is 484 g/mol. The molecule has 0 aliphatic carbocycles. The minimum Gasteiger partial charge on any atom is -0.365 e. The molecule has 0 radical (unpaired) electrons. The van der Waals surface area contributed by atoms with Gasteiger partial charge in [-0.1, -0.05) is 17.7 Å². The number of hydrogen-bond acceptors (Lipinski definition) is 6. The molecule has 33 heavy (non-hydrogen) atoms. The van der Waals surface area contributed by atoms with E-state index in [4.69, 9.17) is 5.73 Å². The standard InChI is InChI=1S/C23H24N4O4S2/c1-14-3-9-17(10-4-14)33(30,31)26-16-7-5-15(6-8-16)22(29)25-23-20(21(24)28)18-11-12-27(2)13-19(18)32-23/h3-10,26H,11-13H2,1-2H3,(H2,24,28)(H,25,29). The molecule has 0 spiro atoms. The van der Waals surface area contributed by atoms with Crippen LogP contribution >= 0.6 is 11.3 Å². The van der Waals surface area contributed by atoms with Crippen LogP contribution < -0.4 is 15.8 Å². The van der Waals surface area contributed by atoms with Crippen LogP contribution in [-0.4, -0.2) is 38.7 Å². The van der Waals surface area contributed by atoms with Crippen LogP contribution in [0.4, 0.5) is 10.7 Å². The lowest BCUT2D eigenvalue weighted by Gasteiger charge is -2.22. The molecule has 2 aromatic carbocycles. The third-order valence-corrected chi connectivity index (χ3v) is 7.98. The normalized spacial score (nSPS) is 13.9. The average Bonchev–Trinajstić information content (AvgIpc) is 3.11. The van der Waals surface area contributed by atoms with Crippen molar-refractivity contribution >= 4 is 43.9 Å². The number of hydrogen-bond donors (Lipinski definition) is 3. The maximum atomic E-state index is 12.8. The smallest absolute Gasteiger partial charge is 0.261 e. The van der Waals surface area contributed by atoms with Crippen LogP contribution in [0.2, 0.25) is 0 Å². The Morgan fingerprint density at radius 2 is 1.73 bits per heavy atom. The predicted octanol–water partition coefficient (Wildman–Crippen LogP) is 3.20. The molecule has 2 amide bonds. The number of amides is 2. The summed E-state index contributed by atoms with van der Waals surface area (Å²) in [7, 11) is -1.74. The quantitative estimate of drug-likeness (QED) is 0.496. The highest BCUT2D eigenvalue weighted by Crippen LogP contribution is 2.36. The molecule has 1 aromatic heterocycles. The molecule has 0 fully saturated rings. The van der Waals surface area contributed by atoms with Crippen molar-refractivity contribution in [2.75, 3.05) is 23.6 Å². The molecule has 4 N–H and O–H groups in total. The van der Waals surface area contributed by atoms with Gasteiger partial charge in [0.2, 0.25) is 0 Å². The Balaban J connectivity index is 1.50. The highest BCUT2D eigenvalue weighted by atomic mass is 32.2. The van der Waals surface area contributed by atoms with E-state index in [-0.39, 0.29) is 4.90 Å². The van der Waals surface area contributed by atoms with E-state index in [1.54, 1.807) is 12.1 Å². The Hall–Kier alpha value is -3.21. The van der Waals surface area contributed by atoms with Crippen molar-refractivity contribution in [2.24, 2.45) is 5.73 Å². The second-order valence-electron chi connectivity index (χ2n) is 8.01. The van der Waals surface area contributed by atoms with Gasteiger partial charge in [0.25, 0.3) is 21.8 Å². The van der Waals surface area contributed by atoms with Crippen LogP contribution in [-0.2, 0) is 23.0 Å². The number of carbonyl (C=O) groups is 2. The number of benzene rings is 2. The molecule has 172 valence electrons. The van der Waals surface area contributed by atoms with Gasteiger partial charge >= 0.3 is 0 Å². The number of aryl methyl sites for hydroxylation is 1. The van der Waals surface area contributed by atoms with Gasteiger partial charge < -0.3 is 16.0 Å². The van der Waals surface area contributed by atoms with Crippen molar-refractivity contribution in [3.8, 4) is 0 Å². The lowest BCUT2D eigenvalue weighted by Crippen LogP contribution is -2.27. The zero-order valence-electron chi connectivity index (χ0n) is 18.2. The molecular formula is C23H24N4O4S2. The molecule has 1 aliphatic heterocycles. The second kappa shape index (κ2) is 8.97. The maximum absolute atomic E-state index is 12.8. The van der Waals surface area contributed by atoms with Crippen LogP contribution in [0.15, 0.2) is 53.4 Å². The van der Waals surface area contributed by atoms with Gasteiger partial charge in [0.1, 0.15) is 5.00 Å². The van der Waals surface area contributed by atoms with E-state index in [9.17, 15) is 18.0 Å². The summed E-state index contributed by atoms with van der Waals surface area (Å²) in [4.78, 5) is 28.2. The van der Waals surface area contributed by atoms with Gasteiger partial charge in [0, 0.05) is 29.2 Å². The summed E-state index contributed by atoms with van der Waals surface area (Å²) >= 11 is 1.36. The third-order valence-electron chi connectivity index (χ3n) is 5.45. The Morgan fingerprint density at radius 3 is 2.36 bits per heavy atom. The number of carbonyl (C=O) groups excluding carboxylic acids is 2. The summed E-state index contributed by atoms with van der Waals surface area (Å²) in [6.45, 7) is 3.40. The zero-order chi connectivity index (χ0) is 23.8. The number of nitrogens with zero attached hydrogens (tertiary/aromatic N) is 1. The van der Waals surface area contributed by atoms with Crippen LogP contribution in [0.3, 0.4) is 0 Å². The molecule has 3 aromatic rings. The number of anilines is 2. The van der Waals surface area contributed by atoms with Crippen molar-refractivity contribution in [1.82, 2.24) is 4.90 Å². The molecular weight excluding hydrogens is 460 g/mol.